The van der Waals surface area contributed by atoms with Crippen LogP contribution in [-0.4, -0.2) is 42.8 Å². The van der Waals surface area contributed by atoms with Gasteiger partial charge in [-0.3, -0.25) is 0 Å². The minimum atomic E-state index is -3.12. The molecule has 1 aromatic carbocycles. The van der Waals surface area contributed by atoms with Gasteiger partial charge in [0.05, 0.1) is 23.8 Å². The largest absolute Gasteiger partial charge is 0.310 e. The molecule has 7 nitrogen and oxygen atoms in total. The third-order valence-electron chi connectivity index (χ3n) is 2.50. The van der Waals surface area contributed by atoms with E-state index in [4.69, 9.17) is 0 Å². The smallest absolute Gasteiger partial charge is 0.208 e. The van der Waals surface area contributed by atoms with Crippen molar-refractivity contribution in [3.8, 4) is 5.69 Å². The number of nitrogens with one attached hydrogen (secondary N) is 2. The van der Waals surface area contributed by atoms with Crippen molar-refractivity contribution >= 4 is 10.0 Å². The van der Waals surface area contributed by atoms with Crippen molar-refractivity contribution in [1.29, 1.82) is 0 Å². The third kappa shape index (κ3) is 4.72. The Morgan fingerprint density at radius 2 is 1.95 bits per heavy atom. The van der Waals surface area contributed by atoms with Crippen molar-refractivity contribution in [3.05, 3.63) is 42.2 Å². The molecule has 1 aromatic heterocycles. The van der Waals surface area contributed by atoms with Crippen molar-refractivity contribution in [1.82, 2.24) is 25.0 Å². The lowest BCUT2D eigenvalue weighted by Gasteiger charge is -2.03. The zero-order chi connectivity index (χ0) is 14.4. The van der Waals surface area contributed by atoms with Crippen LogP contribution >= 0.6 is 0 Å². The van der Waals surface area contributed by atoms with Gasteiger partial charge in [0.25, 0.3) is 0 Å². The Balaban J connectivity index is 1.79. The molecule has 0 saturated carbocycles. The maximum absolute atomic E-state index is 10.9. The number of aromatic nitrogens is 3. The van der Waals surface area contributed by atoms with Crippen LogP contribution in [0.2, 0.25) is 0 Å². The molecule has 2 N–H and O–H groups in total. The van der Waals surface area contributed by atoms with Gasteiger partial charge in [-0.05, 0) is 12.1 Å². The molecule has 0 spiro atoms. The lowest BCUT2D eigenvalue weighted by molar-refractivity contribution is 0.580. The Hall–Kier alpha value is -1.77. The molecule has 0 aliphatic heterocycles. The average Bonchev–Trinajstić information content (AvgIpc) is 2.87. The second-order valence-corrected chi connectivity index (χ2v) is 6.14. The molecule has 8 heteroatoms. The molecule has 1 heterocycles. The second kappa shape index (κ2) is 6.60. The zero-order valence-corrected chi connectivity index (χ0v) is 12.0. The fraction of sp³-hybridized carbons (Fsp3) is 0.333. The second-order valence-electron chi connectivity index (χ2n) is 4.30. The molecular formula is C12H17N5O2S. The molecule has 0 saturated heterocycles. The highest BCUT2D eigenvalue weighted by atomic mass is 32.2. The summed E-state index contributed by atoms with van der Waals surface area (Å²) in [5.41, 5.74) is 1.70. The minimum Gasteiger partial charge on any atom is -0.310 e. The highest BCUT2D eigenvalue weighted by Gasteiger charge is 2.02. The molecule has 108 valence electrons. The average molecular weight is 295 g/mol. The van der Waals surface area contributed by atoms with Crippen molar-refractivity contribution in [2.24, 2.45) is 0 Å². The van der Waals surface area contributed by atoms with E-state index in [1.807, 2.05) is 30.3 Å². The van der Waals surface area contributed by atoms with Crippen molar-refractivity contribution in [2.45, 2.75) is 6.54 Å². The van der Waals surface area contributed by atoms with Crippen LogP contribution in [0.1, 0.15) is 5.69 Å². The van der Waals surface area contributed by atoms with Gasteiger partial charge in [-0.25, -0.2) is 13.1 Å². The molecule has 0 aliphatic carbocycles. The first-order valence-corrected chi connectivity index (χ1v) is 8.06. The van der Waals surface area contributed by atoms with E-state index in [0.717, 1.165) is 17.6 Å². The lowest BCUT2D eigenvalue weighted by atomic mass is 10.3. The molecule has 0 unspecified atom stereocenters. The monoisotopic (exact) mass is 295 g/mol. The van der Waals surface area contributed by atoms with Gasteiger partial charge in [0.2, 0.25) is 10.0 Å². The summed E-state index contributed by atoms with van der Waals surface area (Å²) < 4.78 is 24.1. The quantitative estimate of drug-likeness (QED) is 0.697. The first-order chi connectivity index (χ1) is 9.54. The number of rotatable bonds is 7. The highest BCUT2D eigenvalue weighted by molar-refractivity contribution is 7.88. The van der Waals surface area contributed by atoms with Gasteiger partial charge in [0.1, 0.15) is 0 Å². The first-order valence-electron chi connectivity index (χ1n) is 6.16. The van der Waals surface area contributed by atoms with Gasteiger partial charge < -0.3 is 5.32 Å². The molecule has 0 radical (unpaired) electrons. The van der Waals surface area contributed by atoms with Crippen molar-refractivity contribution in [3.63, 3.8) is 0 Å². The van der Waals surface area contributed by atoms with Gasteiger partial charge in [-0.2, -0.15) is 15.0 Å². The summed E-state index contributed by atoms with van der Waals surface area (Å²) >= 11 is 0. The Morgan fingerprint density at radius 3 is 2.65 bits per heavy atom. The van der Waals surface area contributed by atoms with Crippen LogP contribution in [0.4, 0.5) is 0 Å². The number of hydrogen-bond donors (Lipinski definition) is 2. The van der Waals surface area contributed by atoms with E-state index in [9.17, 15) is 8.42 Å². The van der Waals surface area contributed by atoms with Crippen molar-refractivity contribution in [2.75, 3.05) is 19.3 Å². The summed E-state index contributed by atoms with van der Waals surface area (Å²) in [6.45, 7) is 1.43. The third-order valence-corrected chi connectivity index (χ3v) is 3.23. The Morgan fingerprint density at radius 1 is 1.20 bits per heavy atom. The highest BCUT2D eigenvalue weighted by Crippen LogP contribution is 2.03. The number of sulfonamides is 1. The molecule has 2 aromatic rings. The number of benzene rings is 1. The maximum atomic E-state index is 10.9. The van der Waals surface area contributed by atoms with Gasteiger partial charge in [-0.15, -0.1) is 0 Å². The number of nitrogens with zero attached hydrogens (tertiary/aromatic N) is 3. The van der Waals surface area contributed by atoms with E-state index in [2.05, 4.69) is 20.2 Å². The SMILES string of the molecule is CS(=O)(=O)NCCNCc1cnn(-c2ccccc2)n1. The van der Waals surface area contributed by atoms with Crippen LogP contribution in [0.15, 0.2) is 36.5 Å². The van der Waals surface area contributed by atoms with Crippen LogP contribution in [0.3, 0.4) is 0 Å². The van der Waals surface area contributed by atoms with E-state index in [1.54, 1.807) is 11.0 Å². The van der Waals surface area contributed by atoms with E-state index in [1.165, 1.54) is 0 Å². The van der Waals surface area contributed by atoms with Gasteiger partial charge >= 0.3 is 0 Å². The van der Waals surface area contributed by atoms with E-state index >= 15 is 0 Å². The molecule has 0 atom stereocenters. The molecule has 2 rings (SSSR count). The molecule has 0 amide bonds. The number of hydrogen-bond acceptors (Lipinski definition) is 5. The number of para-hydroxylation sites is 1. The Labute approximate surface area is 118 Å². The Bertz CT molecular complexity index is 639. The molecule has 0 fully saturated rings. The molecule has 20 heavy (non-hydrogen) atoms. The molecule has 0 bridgehead atoms. The fourth-order valence-corrected chi connectivity index (χ4v) is 2.08. The summed E-state index contributed by atoms with van der Waals surface area (Å²) in [4.78, 5) is 1.56. The van der Waals surface area contributed by atoms with Gasteiger partial charge in [0.15, 0.2) is 0 Å². The topological polar surface area (TPSA) is 88.9 Å². The summed E-state index contributed by atoms with van der Waals surface area (Å²) in [6, 6.07) is 9.63. The van der Waals surface area contributed by atoms with Crippen LogP contribution in [-0.2, 0) is 16.6 Å². The van der Waals surface area contributed by atoms with Gasteiger partial charge in [0, 0.05) is 19.6 Å². The summed E-state index contributed by atoms with van der Waals surface area (Å²) in [5.74, 6) is 0. The van der Waals surface area contributed by atoms with E-state index < -0.39 is 10.0 Å². The normalized spacial score (nSPS) is 11.7. The first kappa shape index (κ1) is 14.6. The van der Waals surface area contributed by atoms with E-state index in [0.29, 0.717) is 19.6 Å². The Kier molecular flexibility index (Phi) is 4.83. The lowest BCUT2D eigenvalue weighted by Crippen LogP contribution is -2.30. The van der Waals surface area contributed by atoms with Crippen LogP contribution in [0, 0.1) is 0 Å². The van der Waals surface area contributed by atoms with Gasteiger partial charge in [-0.1, -0.05) is 18.2 Å². The van der Waals surface area contributed by atoms with Crippen LogP contribution in [0.5, 0.6) is 0 Å². The van der Waals surface area contributed by atoms with Crippen molar-refractivity contribution < 1.29 is 8.42 Å². The summed E-state index contributed by atoms with van der Waals surface area (Å²) in [5, 5.41) is 11.6. The maximum Gasteiger partial charge on any atom is 0.208 e. The van der Waals surface area contributed by atoms with Crippen LogP contribution in [0.25, 0.3) is 5.69 Å². The molecular weight excluding hydrogens is 278 g/mol. The van der Waals surface area contributed by atoms with Crippen LogP contribution < -0.4 is 10.0 Å². The summed E-state index contributed by atoms with van der Waals surface area (Å²) in [7, 11) is -3.12. The predicted molar refractivity (Wildman–Crippen MR) is 75.9 cm³/mol. The zero-order valence-electron chi connectivity index (χ0n) is 11.2. The predicted octanol–water partition coefficient (Wildman–Crippen LogP) is -0.0939. The minimum absolute atomic E-state index is 0.353. The fourth-order valence-electron chi connectivity index (χ4n) is 1.60. The summed E-state index contributed by atoms with van der Waals surface area (Å²) in [6.07, 6.45) is 2.82. The standard InChI is InChI=1S/C12H17N5O2S/c1-20(18,19)15-8-7-13-9-11-10-14-17(16-11)12-5-3-2-4-6-12/h2-6,10,13,15H,7-9H2,1H3. The molecule has 0 aliphatic rings. The van der Waals surface area contributed by atoms with E-state index in [-0.39, 0.29) is 0 Å².